The van der Waals surface area contributed by atoms with Gasteiger partial charge in [0.05, 0.1) is 0 Å². The van der Waals surface area contributed by atoms with E-state index in [2.05, 4.69) is 0 Å². The lowest BCUT2D eigenvalue weighted by molar-refractivity contribution is -0.182. The molecule has 0 heterocycles. The Hall–Kier alpha value is -0.350. The summed E-state index contributed by atoms with van der Waals surface area (Å²) in [5.41, 5.74) is 0. The molecule has 0 aliphatic carbocycles. The lowest BCUT2D eigenvalue weighted by Gasteiger charge is -2.25. The molecule has 0 aromatic carbocycles. The van der Waals surface area contributed by atoms with Crippen molar-refractivity contribution in [2.75, 3.05) is 0 Å². The maximum Gasteiger partial charge on any atom is 0.284 e. The molecule has 0 rings (SSSR count). The fraction of sp³-hybridized carbons (Fsp3) is 1.00. The summed E-state index contributed by atoms with van der Waals surface area (Å²) < 4.78 is 62.0. The summed E-state index contributed by atoms with van der Waals surface area (Å²) in [5.74, 6) is -7.86. The van der Waals surface area contributed by atoms with E-state index in [9.17, 15) is 22.0 Å². The van der Waals surface area contributed by atoms with Crippen LogP contribution in [0, 0.1) is 0 Å². The molecule has 0 saturated carbocycles. The molecule has 0 atom stereocenters. The van der Waals surface area contributed by atoms with Gasteiger partial charge in [-0.3, -0.25) is 0 Å². The van der Waals surface area contributed by atoms with Crippen LogP contribution >= 0.6 is 0 Å². The summed E-state index contributed by atoms with van der Waals surface area (Å²) >= 11 is 0. The maximum absolute atomic E-state index is 12.5. The van der Waals surface area contributed by atoms with E-state index in [4.69, 9.17) is 0 Å². The fourth-order valence-corrected chi connectivity index (χ4v) is 0.667. The van der Waals surface area contributed by atoms with Crippen molar-refractivity contribution >= 4 is 0 Å². The van der Waals surface area contributed by atoms with Gasteiger partial charge in [-0.15, -0.1) is 0 Å². The molecule has 5 heteroatoms. The van der Waals surface area contributed by atoms with E-state index < -0.39 is 30.9 Å². The van der Waals surface area contributed by atoms with Crippen molar-refractivity contribution in [3.8, 4) is 0 Å². The zero-order valence-electron chi connectivity index (χ0n) is 6.88. The quantitative estimate of drug-likeness (QED) is 0.596. The zero-order valence-corrected chi connectivity index (χ0v) is 6.88. The smallest absolute Gasteiger partial charge is 0.234 e. The Balaban J connectivity index is 4.47. The molecule has 0 spiro atoms. The van der Waals surface area contributed by atoms with E-state index in [1.54, 1.807) is 0 Å². The van der Waals surface area contributed by atoms with Gasteiger partial charge in [0.25, 0.3) is 11.8 Å². The molecule has 0 nitrogen and oxygen atoms in total. The monoisotopic (exact) mass is 190 g/mol. The minimum atomic E-state index is -3.93. The predicted octanol–water partition coefficient (Wildman–Crippen LogP) is 3.42. The van der Waals surface area contributed by atoms with Crippen LogP contribution in [0.2, 0.25) is 0 Å². The minimum absolute atomic E-state index is 0.913. The second-order valence-electron chi connectivity index (χ2n) is 2.59. The third-order valence-electron chi connectivity index (χ3n) is 1.68. The first-order valence-electron chi connectivity index (χ1n) is 3.67. The normalized spacial score (nSPS) is 14.0. The maximum atomic E-state index is 12.5. The molecule has 12 heavy (non-hydrogen) atoms. The number of rotatable bonds is 4. The second kappa shape index (κ2) is 3.58. The second-order valence-corrected chi connectivity index (χ2v) is 2.59. The predicted molar refractivity (Wildman–Crippen MR) is 35.4 cm³/mol. The molecule has 0 N–H and O–H groups in total. The van der Waals surface area contributed by atoms with Crippen molar-refractivity contribution < 1.29 is 22.0 Å². The number of alkyl halides is 5. The van der Waals surface area contributed by atoms with Crippen LogP contribution in [0.3, 0.4) is 0 Å². The Labute approximate surface area is 67.8 Å². The van der Waals surface area contributed by atoms with Crippen LogP contribution < -0.4 is 0 Å². The van der Waals surface area contributed by atoms with Crippen LogP contribution in [0.15, 0.2) is 0 Å². The van der Waals surface area contributed by atoms with Gasteiger partial charge in [-0.25, -0.2) is 22.0 Å². The molecule has 0 bridgehead atoms. The Kier molecular flexibility index (Phi) is 3.47. The van der Waals surface area contributed by atoms with Crippen molar-refractivity contribution in [3.63, 3.8) is 0 Å². The van der Waals surface area contributed by atoms with Gasteiger partial charge in [0.1, 0.15) is 0 Å². The lowest BCUT2D eigenvalue weighted by Crippen LogP contribution is -2.43. The van der Waals surface area contributed by atoms with E-state index in [1.807, 2.05) is 0 Å². The fourth-order valence-electron chi connectivity index (χ4n) is 0.667. The van der Waals surface area contributed by atoms with Crippen molar-refractivity contribution in [2.45, 2.75) is 44.7 Å². The molecule has 0 amide bonds. The van der Waals surface area contributed by atoms with Crippen LogP contribution in [0.5, 0.6) is 0 Å². The SMILES string of the molecule is CCC(F)(F)C(F)C(F)(F)CC. The molecular weight excluding hydrogens is 179 g/mol. The van der Waals surface area contributed by atoms with E-state index in [0.717, 1.165) is 13.8 Å². The van der Waals surface area contributed by atoms with Crippen LogP contribution in [0.4, 0.5) is 22.0 Å². The van der Waals surface area contributed by atoms with E-state index in [1.165, 1.54) is 0 Å². The standard InChI is InChI=1S/C7H11F5/c1-3-6(9,10)5(8)7(11,12)4-2/h5H,3-4H2,1-2H3. The lowest BCUT2D eigenvalue weighted by atomic mass is 10.0. The molecule has 0 fully saturated rings. The first kappa shape index (κ1) is 11.6. The molecule has 0 aliphatic rings. The number of halogens is 5. The van der Waals surface area contributed by atoms with E-state index >= 15 is 0 Å². The number of hydrogen-bond donors (Lipinski definition) is 0. The van der Waals surface area contributed by atoms with Gasteiger partial charge in [-0.05, 0) is 0 Å². The summed E-state index contributed by atoms with van der Waals surface area (Å²) in [6, 6.07) is 0. The van der Waals surface area contributed by atoms with Gasteiger partial charge in [0.15, 0.2) is 0 Å². The minimum Gasteiger partial charge on any atom is -0.234 e. The zero-order chi connectivity index (χ0) is 9.99. The highest BCUT2D eigenvalue weighted by Crippen LogP contribution is 2.37. The molecule has 0 saturated heterocycles. The molecular formula is C7H11F5. The first-order chi connectivity index (χ1) is 5.28. The highest BCUT2D eigenvalue weighted by molar-refractivity contribution is 4.86. The van der Waals surface area contributed by atoms with Crippen molar-refractivity contribution in [1.82, 2.24) is 0 Å². The van der Waals surface area contributed by atoms with Crippen LogP contribution in [0.1, 0.15) is 26.7 Å². The molecule has 0 radical (unpaired) electrons. The first-order valence-corrected chi connectivity index (χ1v) is 3.67. The van der Waals surface area contributed by atoms with Gasteiger partial charge in [0.2, 0.25) is 6.17 Å². The third-order valence-corrected chi connectivity index (χ3v) is 1.68. The average Bonchev–Trinajstić information content (AvgIpc) is 2.03. The van der Waals surface area contributed by atoms with E-state index in [0.29, 0.717) is 0 Å². The van der Waals surface area contributed by atoms with Gasteiger partial charge in [-0.1, -0.05) is 13.8 Å². The van der Waals surface area contributed by atoms with Crippen molar-refractivity contribution in [1.29, 1.82) is 0 Å². The summed E-state index contributed by atoms with van der Waals surface area (Å²) in [5, 5.41) is 0. The van der Waals surface area contributed by atoms with Crippen LogP contribution in [-0.4, -0.2) is 18.0 Å². The highest BCUT2D eigenvalue weighted by Gasteiger charge is 2.53. The summed E-state index contributed by atoms with van der Waals surface area (Å²) in [7, 11) is 0. The Morgan fingerprint density at radius 1 is 0.917 bits per heavy atom. The summed E-state index contributed by atoms with van der Waals surface area (Å²) in [6.07, 6.45) is -5.20. The van der Waals surface area contributed by atoms with Crippen LogP contribution in [0.25, 0.3) is 0 Å². The molecule has 0 aromatic heterocycles. The van der Waals surface area contributed by atoms with Crippen molar-refractivity contribution in [3.05, 3.63) is 0 Å². The van der Waals surface area contributed by atoms with Crippen LogP contribution in [-0.2, 0) is 0 Å². The molecule has 0 unspecified atom stereocenters. The Morgan fingerprint density at radius 3 is 1.33 bits per heavy atom. The average molecular weight is 190 g/mol. The van der Waals surface area contributed by atoms with Gasteiger partial charge in [0, 0.05) is 12.8 Å². The topological polar surface area (TPSA) is 0 Å². The van der Waals surface area contributed by atoms with Gasteiger partial charge in [-0.2, -0.15) is 0 Å². The number of hydrogen-bond acceptors (Lipinski definition) is 0. The summed E-state index contributed by atoms with van der Waals surface area (Å²) in [4.78, 5) is 0. The molecule has 0 aromatic rings. The van der Waals surface area contributed by atoms with Crippen molar-refractivity contribution in [2.24, 2.45) is 0 Å². The largest absolute Gasteiger partial charge is 0.284 e. The molecule has 0 aliphatic heterocycles. The van der Waals surface area contributed by atoms with Gasteiger partial charge < -0.3 is 0 Å². The summed E-state index contributed by atoms with van der Waals surface area (Å²) in [6.45, 7) is 1.94. The Bertz CT molecular complexity index is 127. The Morgan fingerprint density at radius 2 is 1.17 bits per heavy atom. The third kappa shape index (κ3) is 2.32. The highest BCUT2D eigenvalue weighted by atomic mass is 19.3. The van der Waals surface area contributed by atoms with Gasteiger partial charge >= 0.3 is 0 Å². The van der Waals surface area contributed by atoms with E-state index in [-0.39, 0.29) is 0 Å². The molecule has 74 valence electrons.